The maximum Gasteiger partial charge on any atom is 0.191 e. The van der Waals surface area contributed by atoms with Gasteiger partial charge in [-0.1, -0.05) is 31.5 Å². The number of pyridine rings is 1. The second-order valence-electron chi connectivity index (χ2n) is 6.71. The van der Waals surface area contributed by atoms with Gasteiger partial charge >= 0.3 is 0 Å². The van der Waals surface area contributed by atoms with Crippen molar-refractivity contribution >= 4 is 17.6 Å². The summed E-state index contributed by atoms with van der Waals surface area (Å²) in [5.41, 5.74) is 1.03. The van der Waals surface area contributed by atoms with Gasteiger partial charge in [0.2, 0.25) is 0 Å². The molecule has 25 heavy (non-hydrogen) atoms. The van der Waals surface area contributed by atoms with Crippen LogP contribution in [0.1, 0.15) is 26.3 Å². The maximum atomic E-state index is 5.88. The normalized spacial score (nSPS) is 19.2. The summed E-state index contributed by atoms with van der Waals surface area (Å²) in [5, 5.41) is 7.16. The summed E-state index contributed by atoms with van der Waals surface area (Å²) in [5.74, 6) is 1.47. The van der Waals surface area contributed by atoms with E-state index in [1.54, 1.807) is 12.3 Å². The van der Waals surface area contributed by atoms with E-state index in [1.165, 1.54) is 0 Å². The minimum atomic E-state index is 0.188. The number of halogens is 1. The maximum absolute atomic E-state index is 5.88. The quantitative estimate of drug-likeness (QED) is 0.439. The summed E-state index contributed by atoms with van der Waals surface area (Å²) in [7, 11) is 0. The molecule has 0 aliphatic carbocycles. The molecule has 7 heteroatoms. The van der Waals surface area contributed by atoms with E-state index in [-0.39, 0.29) is 6.10 Å². The Morgan fingerprint density at radius 3 is 2.96 bits per heavy atom. The Morgan fingerprint density at radius 1 is 1.44 bits per heavy atom. The van der Waals surface area contributed by atoms with Crippen molar-refractivity contribution in [1.82, 2.24) is 20.5 Å². The Labute approximate surface area is 156 Å². The lowest BCUT2D eigenvalue weighted by Crippen LogP contribution is -2.50. The van der Waals surface area contributed by atoms with E-state index in [0.29, 0.717) is 17.6 Å². The molecule has 0 aromatic carbocycles. The van der Waals surface area contributed by atoms with E-state index in [0.717, 1.165) is 50.9 Å². The van der Waals surface area contributed by atoms with Crippen molar-refractivity contribution in [1.29, 1.82) is 0 Å². The summed E-state index contributed by atoms with van der Waals surface area (Å²) in [4.78, 5) is 11.2. The molecule has 2 rings (SSSR count). The zero-order valence-electron chi connectivity index (χ0n) is 15.5. The largest absolute Gasteiger partial charge is 0.374 e. The van der Waals surface area contributed by atoms with Crippen molar-refractivity contribution in [2.75, 3.05) is 39.3 Å². The highest BCUT2D eigenvalue weighted by atomic mass is 35.5. The van der Waals surface area contributed by atoms with Crippen LogP contribution in [0.3, 0.4) is 0 Å². The first-order valence-corrected chi connectivity index (χ1v) is 9.41. The van der Waals surface area contributed by atoms with E-state index in [2.05, 4.69) is 46.3 Å². The zero-order chi connectivity index (χ0) is 18.1. The third kappa shape index (κ3) is 7.59. The van der Waals surface area contributed by atoms with Gasteiger partial charge in [0.25, 0.3) is 0 Å². The fraction of sp³-hybridized carbons (Fsp3) is 0.667. The van der Waals surface area contributed by atoms with Crippen LogP contribution in [-0.2, 0) is 11.3 Å². The molecule has 1 unspecified atom stereocenters. The van der Waals surface area contributed by atoms with Gasteiger partial charge in [-0.2, -0.15) is 0 Å². The molecule has 2 N–H and O–H groups in total. The molecule has 1 atom stereocenters. The number of aliphatic imine (C=N–C) groups is 1. The Hall–Kier alpha value is -1.37. The smallest absolute Gasteiger partial charge is 0.191 e. The molecule has 0 radical (unpaired) electrons. The van der Waals surface area contributed by atoms with Crippen molar-refractivity contribution in [2.45, 2.75) is 33.4 Å². The van der Waals surface area contributed by atoms with Gasteiger partial charge < -0.3 is 15.4 Å². The molecule has 0 bridgehead atoms. The number of nitrogens with one attached hydrogen (secondary N) is 2. The standard InChI is InChI=1S/C18H30ClN5O/c1-4-20-18(22-10-15-5-6-17(19)21-9-15)23-11-16-13-24(7-8-25-16)12-14(2)3/h5-6,9,14,16H,4,7-8,10-13H2,1-3H3,(H2,20,22,23). The van der Waals surface area contributed by atoms with Crippen molar-refractivity contribution in [2.24, 2.45) is 10.9 Å². The van der Waals surface area contributed by atoms with Crippen LogP contribution in [-0.4, -0.2) is 61.3 Å². The highest BCUT2D eigenvalue weighted by Crippen LogP contribution is 2.08. The molecular formula is C18H30ClN5O. The summed E-state index contributed by atoms with van der Waals surface area (Å²) in [6.45, 7) is 12.6. The summed E-state index contributed by atoms with van der Waals surface area (Å²) in [6, 6.07) is 3.72. The lowest BCUT2D eigenvalue weighted by atomic mass is 10.2. The van der Waals surface area contributed by atoms with Gasteiger partial charge in [0.15, 0.2) is 5.96 Å². The van der Waals surface area contributed by atoms with E-state index >= 15 is 0 Å². The molecule has 1 aliphatic heterocycles. The van der Waals surface area contributed by atoms with Gasteiger partial charge in [0.05, 0.1) is 19.3 Å². The number of hydrogen-bond acceptors (Lipinski definition) is 4. The van der Waals surface area contributed by atoms with Crippen LogP contribution in [0.4, 0.5) is 0 Å². The van der Waals surface area contributed by atoms with Crippen molar-refractivity contribution in [3.8, 4) is 0 Å². The van der Waals surface area contributed by atoms with Crippen LogP contribution >= 0.6 is 11.6 Å². The van der Waals surface area contributed by atoms with Crippen molar-refractivity contribution in [3.63, 3.8) is 0 Å². The molecule has 0 amide bonds. The summed E-state index contributed by atoms with van der Waals surface area (Å²) in [6.07, 6.45) is 1.94. The SMILES string of the molecule is CCNC(=NCc1ccc(Cl)nc1)NCC1CN(CC(C)C)CCO1. The Kier molecular flexibility index (Phi) is 8.44. The van der Waals surface area contributed by atoms with Crippen LogP contribution in [0.15, 0.2) is 23.3 Å². The highest BCUT2D eigenvalue weighted by Gasteiger charge is 2.21. The minimum Gasteiger partial charge on any atom is -0.374 e. The molecule has 1 aromatic rings. The van der Waals surface area contributed by atoms with Crippen molar-refractivity contribution in [3.05, 3.63) is 29.0 Å². The second kappa shape index (κ2) is 10.6. The van der Waals surface area contributed by atoms with Crippen LogP contribution in [0.25, 0.3) is 0 Å². The fourth-order valence-corrected chi connectivity index (χ4v) is 2.92. The first-order chi connectivity index (χ1) is 12.1. The second-order valence-corrected chi connectivity index (χ2v) is 7.10. The molecule has 1 aliphatic rings. The number of guanidine groups is 1. The molecular weight excluding hydrogens is 338 g/mol. The van der Waals surface area contributed by atoms with Gasteiger partial charge in [-0.15, -0.1) is 0 Å². The van der Waals surface area contributed by atoms with Gasteiger partial charge in [-0.25, -0.2) is 9.98 Å². The molecule has 1 fully saturated rings. The Bertz CT molecular complexity index is 535. The van der Waals surface area contributed by atoms with Crippen LogP contribution in [0.5, 0.6) is 0 Å². The van der Waals surface area contributed by atoms with E-state index < -0.39 is 0 Å². The molecule has 6 nitrogen and oxygen atoms in total. The molecule has 140 valence electrons. The molecule has 1 aromatic heterocycles. The third-order valence-corrected chi connectivity index (χ3v) is 4.12. The first kappa shape index (κ1) is 19.9. The number of ether oxygens (including phenoxy) is 1. The minimum absolute atomic E-state index is 0.188. The average molecular weight is 368 g/mol. The van der Waals surface area contributed by atoms with Crippen molar-refractivity contribution < 1.29 is 4.74 Å². The lowest BCUT2D eigenvalue weighted by Gasteiger charge is -2.34. The van der Waals surface area contributed by atoms with Gasteiger partial charge in [-0.3, -0.25) is 4.90 Å². The fourth-order valence-electron chi connectivity index (χ4n) is 2.81. The predicted molar refractivity (Wildman–Crippen MR) is 103 cm³/mol. The Balaban J connectivity index is 1.83. The van der Waals surface area contributed by atoms with E-state index in [1.807, 2.05) is 6.07 Å². The lowest BCUT2D eigenvalue weighted by molar-refractivity contribution is -0.0284. The zero-order valence-corrected chi connectivity index (χ0v) is 16.2. The molecule has 0 spiro atoms. The number of hydrogen-bond donors (Lipinski definition) is 2. The number of aromatic nitrogens is 1. The van der Waals surface area contributed by atoms with Gasteiger partial charge in [0, 0.05) is 38.9 Å². The number of morpholine rings is 1. The number of rotatable bonds is 7. The molecule has 1 saturated heterocycles. The van der Waals surface area contributed by atoms with Gasteiger partial charge in [0.1, 0.15) is 5.15 Å². The Morgan fingerprint density at radius 2 is 2.28 bits per heavy atom. The monoisotopic (exact) mass is 367 g/mol. The van der Waals surface area contributed by atoms with E-state index in [9.17, 15) is 0 Å². The van der Waals surface area contributed by atoms with Gasteiger partial charge in [-0.05, 0) is 24.5 Å². The van der Waals surface area contributed by atoms with Crippen LogP contribution in [0, 0.1) is 5.92 Å². The highest BCUT2D eigenvalue weighted by molar-refractivity contribution is 6.29. The third-order valence-electron chi connectivity index (χ3n) is 3.90. The average Bonchev–Trinajstić information content (AvgIpc) is 2.58. The number of nitrogens with zero attached hydrogens (tertiary/aromatic N) is 3. The van der Waals surface area contributed by atoms with Crippen LogP contribution < -0.4 is 10.6 Å². The summed E-state index contributed by atoms with van der Waals surface area (Å²) < 4.78 is 5.88. The molecule has 0 saturated carbocycles. The first-order valence-electron chi connectivity index (χ1n) is 9.03. The van der Waals surface area contributed by atoms with E-state index in [4.69, 9.17) is 16.3 Å². The predicted octanol–water partition coefficient (Wildman–Crippen LogP) is 2.15. The van der Waals surface area contributed by atoms with Crippen LogP contribution in [0.2, 0.25) is 5.15 Å². The molecule has 2 heterocycles. The summed E-state index contributed by atoms with van der Waals surface area (Å²) >= 11 is 5.81. The topological polar surface area (TPSA) is 61.8 Å².